The summed E-state index contributed by atoms with van der Waals surface area (Å²) in [4.78, 5) is 17.7. The number of carbonyl (C=O) groups is 1. The molecular weight excluding hydrogens is 248 g/mol. The minimum atomic E-state index is -0.0928. The van der Waals surface area contributed by atoms with Crippen LogP contribution in [-0.4, -0.2) is 17.9 Å². The summed E-state index contributed by atoms with van der Waals surface area (Å²) in [5, 5.41) is 0.695. The summed E-state index contributed by atoms with van der Waals surface area (Å²) in [6.07, 6.45) is 3.20. The van der Waals surface area contributed by atoms with Crippen molar-refractivity contribution in [3.8, 4) is 0 Å². The molecule has 18 heavy (non-hydrogen) atoms. The Bertz CT molecular complexity index is 569. The monoisotopic (exact) mass is 260 g/mol. The topological polar surface area (TPSA) is 33.2 Å². The summed E-state index contributed by atoms with van der Waals surface area (Å²) in [6.45, 7) is 1.91. The molecule has 0 spiro atoms. The molecule has 0 saturated heterocycles. The van der Waals surface area contributed by atoms with Crippen LogP contribution in [0.5, 0.6) is 0 Å². The highest BCUT2D eigenvalue weighted by atomic mass is 35.5. The van der Waals surface area contributed by atoms with Gasteiger partial charge in [0.1, 0.15) is 0 Å². The molecule has 0 aliphatic carbocycles. The number of pyridine rings is 1. The molecule has 1 aromatic heterocycles. The van der Waals surface area contributed by atoms with Gasteiger partial charge < -0.3 is 4.90 Å². The number of anilines is 1. The van der Waals surface area contributed by atoms with E-state index < -0.39 is 0 Å². The van der Waals surface area contributed by atoms with E-state index in [1.807, 2.05) is 19.1 Å². The second-order valence-corrected chi connectivity index (χ2v) is 4.45. The van der Waals surface area contributed by atoms with Gasteiger partial charge in [0.15, 0.2) is 0 Å². The van der Waals surface area contributed by atoms with Crippen molar-refractivity contribution in [2.75, 3.05) is 11.9 Å². The smallest absolute Gasteiger partial charge is 0.259 e. The molecule has 0 atom stereocenters. The number of hydrogen-bond donors (Lipinski definition) is 0. The van der Waals surface area contributed by atoms with Crippen LogP contribution in [0.3, 0.4) is 0 Å². The summed E-state index contributed by atoms with van der Waals surface area (Å²) < 4.78 is 0. The number of rotatable bonds is 2. The van der Waals surface area contributed by atoms with Crippen LogP contribution >= 0.6 is 11.6 Å². The van der Waals surface area contributed by atoms with Gasteiger partial charge in [0.25, 0.3) is 5.91 Å². The number of carbonyl (C=O) groups excluding carboxylic acids is 1. The van der Waals surface area contributed by atoms with E-state index >= 15 is 0 Å². The van der Waals surface area contributed by atoms with Crippen molar-refractivity contribution in [1.29, 1.82) is 0 Å². The predicted molar refractivity (Wildman–Crippen MR) is 73.2 cm³/mol. The Labute approximate surface area is 111 Å². The molecule has 2 rings (SSSR count). The number of hydrogen-bond acceptors (Lipinski definition) is 2. The molecule has 0 bridgehead atoms. The molecule has 3 nitrogen and oxygen atoms in total. The van der Waals surface area contributed by atoms with Crippen molar-refractivity contribution in [3.63, 3.8) is 0 Å². The minimum Gasteiger partial charge on any atom is -0.311 e. The van der Waals surface area contributed by atoms with Gasteiger partial charge in [0.05, 0.1) is 5.56 Å². The van der Waals surface area contributed by atoms with Crippen molar-refractivity contribution in [2.24, 2.45) is 0 Å². The molecule has 0 saturated carbocycles. The number of amides is 1. The Morgan fingerprint density at radius 3 is 2.72 bits per heavy atom. The lowest BCUT2D eigenvalue weighted by Crippen LogP contribution is -2.26. The molecule has 0 N–H and O–H groups in total. The van der Waals surface area contributed by atoms with E-state index in [0.717, 1.165) is 11.3 Å². The highest BCUT2D eigenvalue weighted by molar-refractivity contribution is 6.31. The third-order valence-electron chi connectivity index (χ3n) is 2.74. The van der Waals surface area contributed by atoms with Gasteiger partial charge in [0, 0.05) is 30.2 Å². The van der Waals surface area contributed by atoms with Gasteiger partial charge in [-0.3, -0.25) is 9.78 Å². The molecule has 1 amide bonds. The van der Waals surface area contributed by atoms with E-state index in [1.54, 1.807) is 42.5 Å². The summed E-state index contributed by atoms with van der Waals surface area (Å²) >= 11 is 5.97. The maximum Gasteiger partial charge on any atom is 0.259 e. The maximum atomic E-state index is 12.2. The normalized spacial score (nSPS) is 10.2. The van der Waals surface area contributed by atoms with Crippen LogP contribution in [0.1, 0.15) is 15.9 Å². The van der Waals surface area contributed by atoms with Gasteiger partial charge >= 0.3 is 0 Å². The second-order valence-electron chi connectivity index (χ2n) is 4.04. The average Bonchev–Trinajstić information content (AvgIpc) is 2.41. The van der Waals surface area contributed by atoms with E-state index in [9.17, 15) is 4.79 Å². The largest absolute Gasteiger partial charge is 0.311 e. The maximum absolute atomic E-state index is 12.2. The average molecular weight is 261 g/mol. The SMILES string of the molecule is Cc1cc(N(C)C(=O)c2cccnc2)ccc1Cl. The molecule has 0 aliphatic heterocycles. The Balaban J connectivity index is 2.28. The van der Waals surface area contributed by atoms with Crippen molar-refractivity contribution in [1.82, 2.24) is 4.98 Å². The Hall–Kier alpha value is -1.87. The van der Waals surface area contributed by atoms with Crippen molar-refractivity contribution < 1.29 is 4.79 Å². The quantitative estimate of drug-likeness (QED) is 0.830. The molecule has 0 unspecified atom stereocenters. The summed E-state index contributed by atoms with van der Waals surface area (Å²) in [5.41, 5.74) is 2.32. The number of aryl methyl sites for hydroxylation is 1. The van der Waals surface area contributed by atoms with E-state index in [0.29, 0.717) is 10.6 Å². The van der Waals surface area contributed by atoms with Crippen LogP contribution in [-0.2, 0) is 0 Å². The summed E-state index contributed by atoms with van der Waals surface area (Å²) in [7, 11) is 1.73. The fourth-order valence-corrected chi connectivity index (χ4v) is 1.76. The van der Waals surface area contributed by atoms with Gasteiger partial charge in [0.2, 0.25) is 0 Å². The van der Waals surface area contributed by atoms with Gasteiger partial charge in [-0.15, -0.1) is 0 Å². The molecule has 4 heteroatoms. The highest BCUT2D eigenvalue weighted by Crippen LogP contribution is 2.22. The van der Waals surface area contributed by atoms with Crippen molar-refractivity contribution in [2.45, 2.75) is 6.92 Å². The standard InChI is InChI=1S/C14H13ClN2O/c1-10-8-12(5-6-13(10)15)17(2)14(18)11-4-3-7-16-9-11/h3-9H,1-2H3. The van der Waals surface area contributed by atoms with Crippen LogP contribution < -0.4 is 4.90 Å². The molecule has 1 heterocycles. The van der Waals surface area contributed by atoms with Crippen molar-refractivity contribution >= 4 is 23.2 Å². The van der Waals surface area contributed by atoms with E-state index in [-0.39, 0.29) is 5.91 Å². The lowest BCUT2D eigenvalue weighted by Gasteiger charge is -2.18. The second kappa shape index (κ2) is 5.19. The van der Waals surface area contributed by atoms with Gasteiger partial charge in [-0.1, -0.05) is 11.6 Å². The first-order chi connectivity index (χ1) is 8.59. The fourth-order valence-electron chi connectivity index (χ4n) is 1.64. The van der Waals surface area contributed by atoms with Crippen molar-refractivity contribution in [3.05, 3.63) is 58.9 Å². The summed E-state index contributed by atoms with van der Waals surface area (Å²) in [5.74, 6) is -0.0928. The summed E-state index contributed by atoms with van der Waals surface area (Å²) in [6, 6.07) is 8.99. The first-order valence-electron chi connectivity index (χ1n) is 5.54. The molecule has 2 aromatic rings. The lowest BCUT2D eigenvalue weighted by molar-refractivity contribution is 0.0992. The number of benzene rings is 1. The molecular formula is C14H13ClN2O. The lowest BCUT2D eigenvalue weighted by atomic mass is 10.2. The Kier molecular flexibility index (Phi) is 3.63. The third-order valence-corrected chi connectivity index (χ3v) is 3.17. The zero-order valence-electron chi connectivity index (χ0n) is 10.2. The van der Waals surface area contributed by atoms with Crippen LogP contribution in [0.4, 0.5) is 5.69 Å². The molecule has 0 fully saturated rings. The highest BCUT2D eigenvalue weighted by Gasteiger charge is 2.13. The first-order valence-corrected chi connectivity index (χ1v) is 5.91. The zero-order valence-corrected chi connectivity index (χ0v) is 11.0. The van der Waals surface area contributed by atoms with Crippen LogP contribution in [0.2, 0.25) is 5.02 Å². The van der Waals surface area contributed by atoms with Gasteiger partial charge in [-0.05, 0) is 42.8 Å². The van der Waals surface area contributed by atoms with E-state index in [1.165, 1.54) is 0 Å². The minimum absolute atomic E-state index is 0.0928. The molecule has 92 valence electrons. The van der Waals surface area contributed by atoms with E-state index in [4.69, 9.17) is 11.6 Å². The van der Waals surface area contributed by atoms with Crippen LogP contribution in [0.15, 0.2) is 42.7 Å². The predicted octanol–water partition coefficient (Wildman–Crippen LogP) is 3.32. The zero-order chi connectivity index (χ0) is 13.1. The van der Waals surface area contributed by atoms with Crippen LogP contribution in [0, 0.1) is 6.92 Å². The first kappa shape index (κ1) is 12.6. The molecule has 0 radical (unpaired) electrons. The Morgan fingerprint density at radius 1 is 1.33 bits per heavy atom. The van der Waals surface area contributed by atoms with Gasteiger partial charge in [-0.2, -0.15) is 0 Å². The van der Waals surface area contributed by atoms with Crippen LogP contribution in [0.25, 0.3) is 0 Å². The number of nitrogens with zero attached hydrogens (tertiary/aromatic N) is 2. The Morgan fingerprint density at radius 2 is 2.11 bits per heavy atom. The number of halogens is 1. The molecule has 0 aliphatic rings. The fraction of sp³-hybridized carbons (Fsp3) is 0.143. The third kappa shape index (κ3) is 2.51. The van der Waals surface area contributed by atoms with Gasteiger partial charge in [-0.25, -0.2) is 0 Å². The number of aromatic nitrogens is 1. The molecule has 1 aromatic carbocycles. The van der Waals surface area contributed by atoms with E-state index in [2.05, 4.69) is 4.98 Å².